The van der Waals surface area contributed by atoms with E-state index in [1.54, 1.807) is 60.7 Å². The molecule has 1 aliphatic heterocycles. The van der Waals surface area contributed by atoms with E-state index in [-0.39, 0.29) is 16.8 Å². The molecular weight excluding hydrogens is 542 g/mol. The second kappa shape index (κ2) is 10.6. The second-order valence-electron chi connectivity index (χ2n) is 8.22. The maximum atomic E-state index is 13.9. The van der Waals surface area contributed by atoms with Gasteiger partial charge < -0.3 is 24.2 Å². The number of hydrogen-bond acceptors (Lipinski definition) is 8. The third-order valence-corrected chi connectivity index (χ3v) is 6.60. The van der Waals surface area contributed by atoms with Gasteiger partial charge in [0.25, 0.3) is 0 Å². The first-order chi connectivity index (χ1) is 17.7. The van der Waals surface area contributed by atoms with E-state index in [0.717, 1.165) is 11.6 Å². The van der Waals surface area contributed by atoms with Gasteiger partial charge in [0.05, 0.1) is 32.6 Å². The summed E-state index contributed by atoms with van der Waals surface area (Å²) < 4.78 is 16.0. The molecule has 0 amide bonds. The minimum Gasteiger partial charge on any atom is -0.497 e. The molecule has 0 fully saturated rings. The van der Waals surface area contributed by atoms with Crippen LogP contribution in [0, 0.1) is 0 Å². The Morgan fingerprint density at radius 1 is 0.865 bits per heavy atom. The molecule has 0 saturated carbocycles. The summed E-state index contributed by atoms with van der Waals surface area (Å²) in [6, 6.07) is 19.8. The van der Waals surface area contributed by atoms with Crippen molar-refractivity contribution in [2.75, 3.05) is 26.2 Å². The number of benzene rings is 3. The van der Waals surface area contributed by atoms with Crippen molar-refractivity contribution in [3.8, 4) is 11.5 Å². The van der Waals surface area contributed by atoms with Crippen LogP contribution in [0.15, 0.2) is 82.8 Å². The molecule has 0 spiro atoms. The smallest absolute Gasteiger partial charge is 0.310 e. The van der Waals surface area contributed by atoms with Gasteiger partial charge in [-0.25, -0.2) is 0 Å². The van der Waals surface area contributed by atoms with Crippen LogP contribution in [0.3, 0.4) is 0 Å². The summed E-state index contributed by atoms with van der Waals surface area (Å²) in [5, 5.41) is 11.8. The molecule has 0 aromatic heterocycles. The van der Waals surface area contributed by atoms with E-state index in [1.165, 1.54) is 31.3 Å². The van der Waals surface area contributed by atoms with Crippen LogP contribution in [-0.4, -0.2) is 49.7 Å². The summed E-state index contributed by atoms with van der Waals surface area (Å²) in [4.78, 5) is 41.5. The SMILES string of the molecule is COC(=O)CC1(O)C(=O)C(C(=O)c2ccc(OC)cc2)=C(c2ccc(OC)cc2)N1c1ccc(Br)cc1. The van der Waals surface area contributed by atoms with Gasteiger partial charge in [-0.3, -0.25) is 14.4 Å². The van der Waals surface area contributed by atoms with Crippen LogP contribution in [-0.2, 0) is 14.3 Å². The Kier molecular flexibility index (Phi) is 7.47. The third kappa shape index (κ3) is 4.87. The predicted molar refractivity (Wildman–Crippen MR) is 140 cm³/mol. The number of methoxy groups -OCH3 is 3. The van der Waals surface area contributed by atoms with Gasteiger partial charge in [-0.1, -0.05) is 15.9 Å². The van der Waals surface area contributed by atoms with Crippen molar-refractivity contribution in [1.29, 1.82) is 0 Å². The average molecular weight is 566 g/mol. The number of aliphatic hydroxyl groups is 1. The van der Waals surface area contributed by atoms with Gasteiger partial charge in [-0.2, -0.15) is 0 Å². The molecule has 3 aromatic rings. The van der Waals surface area contributed by atoms with Gasteiger partial charge in [0.1, 0.15) is 17.9 Å². The maximum absolute atomic E-state index is 13.9. The lowest BCUT2D eigenvalue weighted by molar-refractivity contribution is -0.150. The molecule has 1 aliphatic rings. The monoisotopic (exact) mass is 565 g/mol. The molecular formula is C28H24BrNO7. The predicted octanol–water partition coefficient (Wildman–Crippen LogP) is 4.40. The highest BCUT2D eigenvalue weighted by Gasteiger charge is 2.56. The molecule has 8 nitrogen and oxygen atoms in total. The zero-order valence-electron chi connectivity index (χ0n) is 20.4. The van der Waals surface area contributed by atoms with Crippen LogP contribution >= 0.6 is 15.9 Å². The molecule has 1 N–H and O–H groups in total. The molecule has 0 saturated heterocycles. The number of esters is 1. The van der Waals surface area contributed by atoms with Crippen LogP contribution in [0.2, 0.25) is 0 Å². The lowest BCUT2D eigenvalue weighted by Gasteiger charge is -2.35. The number of rotatable bonds is 8. The van der Waals surface area contributed by atoms with Crippen LogP contribution in [0.1, 0.15) is 22.3 Å². The highest BCUT2D eigenvalue weighted by atomic mass is 79.9. The van der Waals surface area contributed by atoms with E-state index in [1.807, 2.05) is 0 Å². The molecule has 0 aliphatic carbocycles. The van der Waals surface area contributed by atoms with Crippen LogP contribution in [0.5, 0.6) is 11.5 Å². The van der Waals surface area contributed by atoms with E-state index < -0.39 is 29.7 Å². The number of halogens is 1. The number of anilines is 1. The van der Waals surface area contributed by atoms with Crippen molar-refractivity contribution in [1.82, 2.24) is 0 Å². The standard InChI is InChI=1S/C28H24BrNO7/c1-35-21-12-4-17(5-13-21)25-24(26(32)18-6-14-22(36-2)15-7-18)27(33)28(34,16-23(31)37-3)30(25)20-10-8-19(29)9-11-20/h4-15,34H,16H2,1-3H3. The number of ketones is 2. The van der Waals surface area contributed by atoms with Crippen LogP contribution in [0.25, 0.3) is 5.70 Å². The van der Waals surface area contributed by atoms with Crippen LogP contribution < -0.4 is 14.4 Å². The average Bonchev–Trinajstić information content (AvgIpc) is 3.15. The molecule has 1 heterocycles. The number of Topliss-reactive ketones (excluding diaryl/α,β-unsaturated/α-hetero) is 2. The Morgan fingerprint density at radius 2 is 1.41 bits per heavy atom. The molecule has 4 rings (SSSR count). The lowest BCUT2D eigenvalue weighted by Crippen LogP contribution is -2.51. The van der Waals surface area contributed by atoms with Crippen molar-refractivity contribution in [2.24, 2.45) is 0 Å². The van der Waals surface area contributed by atoms with Gasteiger partial charge >= 0.3 is 5.97 Å². The Balaban J connectivity index is 1.99. The molecule has 37 heavy (non-hydrogen) atoms. The number of carbonyl (C=O) groups is 3. The Bertz CT molecular complexity index is 1370. The van der Waals surface area contributed by atoms with Crippen molar-refractivity contribution < 1.29 is 33.7 Å². The first-order valence-electron chi connectivity index (χ1n) is 11.2. The molecule has 0 bridgehead atoms. The van der Waals surface area contributed by atoms with E-state index >= 15 is 0 Å². The van der Waals surface area contributed by atoms with E-state index in [4.69, 9.17) is 14.2 Å². The Morgan fingerprint density at radius 3 is 1.92 bits per heavy atom. The van der Waals surface area contributed by atoms with E-state index in [9.17, 15) is 19.5 Å². The third-order valence-electron chi connectivity index (χ3n) is 6.07. The Hall–Kier alpha value is -3.95. The van der Waals surface area contributed by atoms with Gasteiger partial charge in [0.2, 0.25) is 11.5 Å². The lowest BCUT2D eigenvalue weighted by atomic mass is 9.93. The number of nitrogens with zero attached hydrogens (tertiary/aromatic N) is 1. The first kappa shape index (κ1) is 26.1. The van der Waals surface area contributed by atoms with E-state index in [2.05, 4.69) is 15.9 Å². The van der Waals surface area contributed by atoms with Crippen molar-refractivity contribution in [3.05, 3.63) is 94.0 Å². The molecule has 1 unspecified atom stereocenters. The first-order valence-corrected chi connectivity index (χ1v) is 12.0. The highest BCUT2D eigenvalue weighted by Crippen LogP contribution is 2.45. The van der Waals surface area contributed by atoms with Gasteiger partial charge in [-0.15, -0.1) is 0 Å². The van der Waals surface area contributed by atoms with Crippen molar-refractivity contribution in [3.63, 3.8) is 0 Å². The normalized spacial score (nSPS) is 17.1. The maximum Gasteiger partial charge on any atom is 0.310 e. The summed E-state index contributed by atoms with van der Waals surface area (Å²) >= 11 is 3.39. The zero-order chi connectivity index (χ0) is 26.7. The molecule has 190 valence electrons. The van der Waals surface area contributed by atoms with Gasteiger partial charge in [0.15, 0.2) is 5.78 Å². The summed E-state index contributed by atoms with van der Waals surface area (Å²) in [5.74, 6) is -1.23. The quantitative estimate of drug-likeness (QED) is 0.243. The minimum atomic E-state index is -2.41. The fraction of sp³-hybridized carbons (Fsp3) is 0.179. The second-order valence-corrected chi connectivity index (χ2v) is 9.14. The highest BCUT2D eigenvalue weighted by molar-refractivity contribution is 9.10. The van der Waals surface area contributed by atoms with Crippen molar-refractivity contribution >= 4 is 44.9 Å². The molecule has 3 aromatic carbocycles. The fourth-order valence-corrected chi connectivity index (χ4v) is 4.46. The Labute approximate surface area is 222 Å². The van der Waals surface area contributed by atoms with Crippen LogP contribution in [0.4, 0.5) is 5.69 Å². The number of hydrogen-bond donors (Lipinski definition) is 1. The summed E-state index contributed by atoms with van der Waals surface area (Å²) in [7, 11) is 4.19. The largest absolute Gasteiger partial charge is 0.497 e. The summed E-state index contributed by atoms with van der Waals surface area (Å²) in [5.41, 5.74) is -1.44. The minimum absolute atomic E-state index is 0.155. The van der Waals surface area contributed by atoms with Gasteiger partial charge in [0, 0.05) is 15.7 Å². The zero-order valence-corrected chi connectivity index (χ0v) is 21.9. The molecule has 1 atom stereocenters. The fourth-order valence-electron chi connectivity index (χ4n) is 4.19. The number of carbonyl (C=O) groups excluding carboxylic acids is 3. The van der Waals surface area contributed by atoms with Crippen molar-refractivity contribution in [2.45, 2.75) is 12.1 Å². The van der Waals surface area contributed by atoms with Gasteiger partial charge in [-0.05, 0) is 78.4 Å². The summed E-state index contributed by atoms with van der Waals surface area (Å²) in [6.45, 7) is 0. The topological polar surface area (TPSA) is 102 Å². The van der Waals surface area contributed by atoms with E-state index in [0.29, 0.717) is 22.7 Å². The molecule has 0 radical (unpaired) electrons. The summed E-state index contributed by atoms with van der Waals surface area (Å²) in [6.07, 6.45) is -0.697. The molecule has 9 heteroatoms. The number of ether oxygens (including phenoxy) is 3.